The van der Waals surface area contributed by atoms with Gasteiger partial charge in [-0.25, -0.2) is 0 Å². The van der Waals surface area contributed by atoms with Gasteiger partial charge in [0.15, 0.2) is 5.65 Å². The largest absolute Gasteiger partial charge is 0.481 e. The highest BCUT2D eigenvalue weighted by Crippen LogP contribution is 2.22. The zero-order valence-electron chi connectivity index (χ0n) is 10.2. The van der Waals surface area contributed by atoms with Gasteiger partial charge in [-0.05, 0) is 12.5 Å². The standard InChI is InChI=1S/C12H17N3O2/c1-3-4-5-8-15-11-9(13-12(15)16)6-7-10(14-11)17-2/h6-7H,3-5,8H2,1-2H3,(H,13,16). The lowest BCUT2D eigenvalue weighted by molar-refractivity contribution is 0.391. The van der Waals surface area contributed by atoms with Crippen molar-refractivity contribution in [2.45, 2.75) is 32.7 Å². The molecule has 0 aliphatic rings. The predicted octanol–water partition coefficient (Wildman–Crippen LogP) is 2.34. The second-order valence-corrected chi connectivity index (χ2v) is 3.97. The maximum Gasteiger partial charge on any atom is 0.296 e. The van der Waals surface area contributed by atoms with E-state index in [9.17, 15) is 5.11 Å². The van der Waals surface area contributed by atoms with Crippen molar-refractivity contribution in [3.8, 4) is 11.9 Å². The number of hydrogen-bond acceptors (Lipinski definition) is 4. The van der Waals surface area contributed by atoms with E-state index in [4.69, 9.17) is 4.74 Å². The van der Waals surface area contributed by atoms with Gasteiger partial charge in [-0.1, -0.05) is 19.8 Å². The van der Waals surface area contributed by atoms with E-state index in [0.29, 0.717) is 17.0 Å². The molecule has 0 aromatic carbocycles. The predicted molar refractivity (Wildman–Crippen MR) is 65.3 cm³/mol. The molecule has 2 heterocycles. The van der Waals surface area contributed by atoms with E-state index in [2.05, 4.69) is 16.9 Å². The van der Waals surface area contributed by atoms with Crippen LogP contribution in [0.2, 0.25) is 0 Å². The van der Waals surface area contributed by atoms with E-state index < -0.39 is 0 Å². The Morgan fingerprint density at radius 2 is 2.12 bits per heavy atom. The fourth-order valence-electron chi connectivity index (χ4n) is 1.81. The van der Waals surface area contributed by atoms with Crippen LogP contribution in [0.4, 0.5) is 0 Å². The highest BCUT2D eigenvalue weighted by Gasteiger charge is 2.11. The Balaban J connectivity index is 2.34. The van der Waals surface area contributed by atoms with Gasteiger partial charge in [-0.15, -0.1) is 0 Å². The van der Waals surface area contributed by atoms with Crippen molar-refractivity contribution >= 4 is 11.2 Å². The van der Waals surface area contributed by atoms with Crippen molar-refractivity contribution in [1.82, 2.24) is 14.5 Å². The fraction of sp³-hybridized carbons (Fsp3) is 0.500. The Morgan fingerprint density at radius 3 is 2.82 bits per heavy atom. The van der Waals surface area contributed by atoms with Crippen LogP contribution in [0.1, 0.15) is 26.2 Å². The van der Waals surface area contributed by atoms with Crippen LogP contribution in [0.5, 0.6) is 11.9 Å². The van der Waals surface area contributed by atoms with E-state index in [1.54, 1.807) is 23.8 Å². The lowest BCUT2D eigenvalue weighted by Gasteiger charge is -2.04. The van der Waals surface area contributed by atoms with Gasteiger partial charge in [0.1, 0.15) is 5.52 Å². The molecule has 92 valence electrons. The zero-order valence-corrected chi connectivity index (χ0v) is 10.2. The average Bonchev–Trinajstić information content (AvgIpc) is 2.65. The van der Waals surface area contributed by atoms with Crippen molar-refractivity contribution < 1.29 is 9.84 Å². The number of ether oxygens (including phenoxy) is 1. The van der Waals surface area contributed by atoms with E-state index in [1.165, 1.54) is 0 Å². The Kier molecular flexibility index (Phi) is 3.46. The molecular weight excluding hydrogens is 218 g/mol. The number of fused-ring (bicyclic) bond motifs is 1. The summed E-state index contributed by atoms with van der Waals surface area (Å²) in [6.07, 6.45) is 3.28. The molecule has 0 aliphatic heterocycles. The minimum absolute atomic E-state index is 0.0249. The first-order valence-electron chi connectivity index (χ1n) is 5.86. The number of unbranched alkanes of at least 4 members (excludes halogenated alkanes) is 2. The van der Waals surface area contributed by atoms with E-state index in [1.807, 2.05) is 0 Å². The van der Waals surface area contributed by atoms with Crippen LogP contribution in [0.3, 0.4) is 0 Å². The second-order valence-electron chi connectivity index (χ2n) is 3.97. The normalized spacial score (nSPS) is 10.9. The average molecular weight is 235 g/mol. The SMILES string of the molecule is CCCCCn1c(O)nc2ccc(OC)nc21. The van der Waals surface area contributed by atoms with Gasteiger partial charge < -0.3 is 9.84 Å². The number of rotatable bonds is 5. The summed E-state index contributed by atoms with van der Waals surface area (Å²) < 4.78 is 6.81. The summed E-state index contributed by atoms with van der Waals surface area (Å²) in [5, 5.41) is 9.77. The lowest BCUT2D eigenvalue weighted by atomic mass is 10.2. The molecule has 0 saturated heterocycles. The van der Waals surface area contributed by atoms with Crippen LogP contribution < -0.4 is 4.74 Å². The Morgan fingerprint density at radius 1 is 1.29 bits per heavy atom. The number of pyridine rings is 1. The summed E-state index contributed by atoms with van der Waals surface area (Å²) >= 11 is 0. The molecule has 2 aromatic heterocycles. The molecule has 17 heavy (non-hydrogen) atoms. The van der Waals surface area contributed by atoms with Crippen LogP contribution in [-0.4, -0.2) is 26.8 Å². The minimum Gasteiger partial charge on any atom is -0.481 e. The van der Waals surface area contributed by atoms with Gasteiger partial charge in [0.25, 0.3) is 6.01 Å². The lowest BCUT2D eigenvalue weighted by Crippen LogP contribution is -1.99. The molecule has 0 saturated carbocycles. The highest BCUT2D eigenvalue weighted by atomic mass is 16.5. The van der Waals surface area contributed by atoms with Crippen molar-refractivity contribution in [2.75, 3.05) is 7.11 Å². The Hall–Kier alpha value is -1.78. The molecule has 0 amide bonds. The number of aromatic hydroxyl groups is 1. The Bertz CT molecular complexity index is 508. The topological polar surface area (TPSA) is 60.2 Å². The van der Waals surface area contributed by atoms with Gasteiger partial charge in [-0.3, -0.25) is 4.57 Å². The molecule has 0 aliphatic carbocycles. The second kappa shape index (κ2) is 5.03. The zero-order chi connectivity index (χ0) is 12.3. The molecule has 1 N–H and O–H groups in total. The third kappa shape index (κ3) is 2.33. The molecular formula is C12H17N3O2. The molecule has 2 aromatic rings. The molecule has 0 atom stereocenters. The van der Waals surface area contributed by atoms with Gasteiger partial charge in [0.05, 0.1) is 7.11 Å². The van der Waals surface area contributed by atoms with Crippen LogP contribution in [0.25, 0.3) is 11.2 Å². The smallest absolute Gasteiger partial charge is 0.296 e. The van der Waals surface area contributed by atoms with Crippen LogP contribution in [0, 0.1) is 0 Å². The number of aryl methyl sites for hydroxylation is 1. The first kappa shape index (κ1) is 11.7. The van der Waals surface area contributed by atoms with E-state index >= 15 is 0 Å². The molecule has 0 spiro atoms. The summed E-state index contributed by atoms with van der Waals surface area (Å²) in [5.41, 5.74) is 1.37. The number of methoxy groups -OCH3 is 1. The number of aromatic nitrogens is 3. The first-order chi connectivity index (χ1) is 8.26. The fourth-order valence-corrected chi connectivity index (χ4v) is 1.81. The molecule has 2 rings (SSSR count). The summed E-state index contributed by atoms with van der Waals surface area (Å²) in [7, 11) is 1.58. The highest BCUT2D eigenvalue weighted by molar-refractivity contribution is 5.73. The summed E-state index contributed by atoms with van der Waals surface area (Å²) in [6.45, 7) is 2.88. The molecule has 0 fully saturated rings. The third-order valence-electron chi connectivity index (χ3n) is 2.74. The minimum atomic E-state index is 0.0249. The van der Waals surface area contributed by atoms with Gasteiger partial charge in [-0.2, -0.15) is 9.97 Å². The number of nitrogens with zero attached hydrogens (tertiary/aromatic N) is 3. The van der Waals surface area contributed by atoms with Crippen LogP contribution >= 0.6 is 0 Å². The molecule has 0 unspecified atom stereocenters. The van der Waals surface area contributed by atoms with Gasteiger partial charge in [0, 0.05) is 12.6 Å². The van der Waals surface area contributed by atoms with Gasteiger partial charge in [0.2, 0.25) is 5.88 Å². The van der Waals surface area contributed by atoms with E-state index in [0.717, 1.165) is 25.8 Å². The Labute approximate surface area is 100 Å². The monoisotopic (exact) mass is 235 g/mol. The summed E-state index contributed by atoms with van der Waals surface area (Å²) in [5.74, 6) is 0.536. The van der Waals surface area contributed by atoms with Gasteiger partial charge >= 0.3 is 0 Å². The number of hydrogen-bond donors (Lipinski definition) is 1. The summed E-state index contributed by atoms with van der Waals surface area (Å²) in [6, 6.07) is 3.57. The maximum atomic E-state index is 9.77. The van der Waals surface area contributed by atoms with Crippen LogP contribution in [0.15, 0.2) is 12.1 Å². The van der Waals surface area contributed by atoms with Crippen molar-refractivity contribution in [3.63, 3.8) is 0 Å². The molecule has 0 bridgehead atoms. The molecule has 0 radical (unpaired) electrons. The molecule has 5 nitrogen and oxygen atoms in total. The van der Waals surface area contributed by atoms with E-state index in [-0.39, 0.29) is 6.01 Å². The quantitative estimate of drug-likeness (QED) is 0.808. The third-order valence-corrected chi connectivity index (χ3v) is 2.74. The van der Waals surface area contributed by atoms with Crippen molar-refractivity contribution in [2.24, 2.45) is 0 Å². The number of imidazole rings is 1. The van der Waals surface area contributed by atoms with Crippen molar-refractivity contribution in [3.05, 3.63) is 12.1 Å². The van der Waals surface area contributed by atoms with Crippen molar-refractivity contribution in [1.29, 1.82) is 0 Å². The summed E-state index contributed by atoms with van der Waals surface area (Å²) in [4.78, 5) is 8.38. The maximum absolute atomic E-state index is 9.77. The van der Waals surface area contributed by atoms with Crippen LogP contribution in [-0.2, 0) is 6.54 Å². The molecule has 5 heteroatoms. The first-order valence-corrected chi connectivity index (χ1v) is 5.86.